The van der Waals surface area contributed by atoms with Crippen LogP contribution in [0.1, 0.15) is 13.8 Å². The van der Waals surface area contributed by atoms with Gasteiger partial charge >= 0.3 is 0 Å². The van der Waals surface area contributed by atoms with Crippen LogP contribution in [0.25, 0.3) is 0 Å². The summed E-state index contributed by atoms with van der Waals surface area (Å²) in [6.45, 7) is 7.44. The molecule has 0 aliphatic heterocycles. The topological polar surface area (TPSA) is 0 Å². The Kier molecular flexibility index (Phi) is 4.16. The highest BCUT2D eigenvalue weighted by Crippen LogP contribution is 2.12. The molecule has 0 heterocycles. The summed E-state index contributed by atoms with van der Waals surface area (Å²) in [5, 5.41) is 0.757. The monoisotopic (exact) mass is 142 g/mol. The Bertz CT molecular complexity index is 152. The van der Waals surface area contributed by atoms with Crippen LogP contribution < -0.4 is 0 Å². The Morgan fingerprint density at radius 3 is 2.44 bits per heavy atom. The maximum absolute atomic E-state index is 5.75. The van der Waals surface area contributed by atoms with Gasteiger partial charge in [0.2, 0.25) is 0 Å². The third-order valence-electron chi connectivity index (χ3n) is 1.07. The van der Waals surface area contributed by atoms with Crippen molar-refractivity contribution in [1.82, 2.24) is 0 Å². The quantitative estimate of drug-likeness (QED) is 0.520. The molecular formula is C8H11Cl. The van der Waals surface area contributed by atoms with Gasteiger partial charge in [-0.05, 0) is 25.5 Å². The Balaban J connectivity index is 4.19. The standard InChI is InChI=1S/C8H11Cl/c1-4-6-8(9)7(3)5-2/h4-6H,1H2,2-3H3. The van der Waals surface area contributed by atoms with E-state index in [0.29, 0.717) is 0 Å². The van der Waals surface area contributed by atoms with Crippen LogP contribution in [0.5, 0.6) is 0 Å². The molecule has 0 saturated carbocycles. The third-order valence-corrected chi connectivity index (χ3v) is 1.50. The zero-order chi connectivity index (χ0) is 7.28. The molecule has 50 valence electrons. The van der Waals surface area contributed by atoms with E-state index in [0.717, 1.165) is 10.6 Å². The molecule has 0 fully saturated rings. The largest absolute Gasteiger partial charge is 0.0990 e. The summed E-state index contributed by atoms with van der Waals surface area (Å²) in [6, 6.07) is 0. The van der Waals surface area contributed by atoms with E-state index in [1.54, 1.807) is 12.2 Å². The Morgan fingerprint density at radius 2 is 2.11 bits per heavy atom. The first-order valence-corrected chi connectivity index (χ1v) is 3.21. The summed E-state index contributed by atoms with van der Waals surface area (Å²) >= 11 is 5.75. The van der Waals surface area contributed by atoms with Crippen LogP contribution >= 0.6 is 11.6 Å². The van der Waals surface area contributed by atoms with E-state index < -0.39 is 0 Å². The summed E-state index contributed by atoms with van der Waals surface area (Å²) in [5.41, 5.74) is 1.08. The van der Waals surface area contributed by atoms with Crippen molar-refractivity contribution in [3.8, 4) is 0 Å². The van der Waals surface area contributed by atoms with Crippen LogP contribution in [-0.2, 0) is 0 Å². The molecule has 0 unspecified atom stereocenters. The van der Waals surface area contributed by atoms with Gasteiger partial charge in [0.25, 0.3) is 0 Å². The van der Waals surface area contributed by atoms with Crippen LogP contribution in [0.15, 0.2) is 35.4 Å². The van der Waals surface area contributed by atoms with Crippen LogP contribution in [0.2, 0.25) is 0 Å². The highest BCUT2D eigenvalue weighted by Gasteiger charge is 1.88. The number of hydrogen-bond donors (Lipinski definition) is 0. The van der Waals surface area contributed by atoms with Gasteiger partial charge in [0.1, 0.15) is 0 Å². The fourth-order valence-electron chi connectivity index (χ4n) is 0.373. The molecule has 0 nitrogen and oxygen atoms in total. The van der Waals surface area contributed by atoms with Gasteiger partial charge in [-0.1, -0.05) is 30.3 Å². The van der Waals surface area contributed by atoms with Crippen molar-refractivity contribution in [2.75, 3.05) is 0 Å². The summed E-state index contributed by atoms with van der Waals surface area (Å²) in [4.78, 5) is 0. The second-order valence-corrected chi connectivity index (χ2v) is 2.13. The van der Waals surface area contributed by atoms with E-state index >= 15 is 0 Å². The Hall–Kier alpha value is -0.490. The van der Waals surface area contributed by atoms with Gasteiger partial charge in [-0.3, -0.25) is 0 Å². The van der Waals surface area contributed by atoms with Gasteiger partial charge in [-0.2, -0.15) is 0 Å². The molecule has 0 rings (SSSR count). The molecule has 0 radical (unpaired) electrons. The zero-order valence-electron chi connectivity index (χ0n) is 5.82. The number of allylic oxidation sites excluding steroid dienone is 5. The predicted octanol–water partition coefficient (Wildman–Crippen LogP) is 3.26. The molecule has 0 bridgehead atoms. The first-order chi connectivity index (χ1) is 4.22. The van der Waals surface area contributed by atoms with Crippen LogP contribution in [0, 0.1) is 0 Å². The van der Waals surface area contributed by atoms with Crippen LogP contribution in [-0.4, -0.2) is 0 Å². The summed E-state index contributed by atoms with van der Waals surface area (Å²) in [7, 11) is 0. The van der Waals surface area contributed by atoms with E-state index in [-0.39, 0.29) is 0 Å². The van der Waals surface area contributed by atoms with Gasteiger partial charge in [-0.15, -0.1) is 0 Å². The summed E-state index contributed by atoms with van der Waals surface area (Å²) < 4.78 is 0. The highest BCUT2D eigenvalue weighted by atomic mass is 35.5. The van der Waals surface area contributed by atoms with Gasteiger partial charge in [0, 0.05) is 5.03 Å². The number of rotatable bonds is 2. The zero-order valence-corrected chi connectivity index (χ0v) is 6.57. The molecule has 9 heavy (non-hydrogen) atoms. The average molecular weight is 143 g/mol. The number of halogens is 1. The maximum Gasteiger partial charge on any atom is 0.0431 e. The van der Waals surface area contributed by atoms with E-state index in [9.17, 15) is 0 Å². The molecule has 0 atom stereocenters. The molecule has 0 amide bonds. The smallest absolute Gasteiger partial charge is 0.0431 e. The molecule has 0 aromatic rings. The molecule has 0 N–H and O–H groups in total. The SMILES string of the molecule is C=CC=C(Cl)C(C)=CC. The molecule has 0 saturated heterocycles. The second-order valence-electron chi connectivity index (χ2n) is 1.72. The highest BCUT2D eigenvalue weighted by molar-refractivity contribution is 6.32. The minimum atomic E-state index is 0.757. The summed E-state index contributed by atoms with van der Waals surface area (Å²) in [5.74, 6) is 0. The molecule has 0 aromatic heterocycles. The molecular weight excluding hydrogens is 132 g/mol. The van der Waals surface area contributed by atoms with Crippen molar-refractivity contribution in [2.24, 2.45) is 0 Å². The van der Waals surface area contributed by atoms with Crippen molar-refractivity contribution in [2.45, 2.75) is 13.8 Å². The van der Waals surface area contributed by atoms with Gasteiger partial charge in [-0.25, -0.2) is 0 Å². The van der Waals surface area contributed by atoms with Crippen LogP contribution in [0.3, 0.4) is 0 Å². The molecule has 0 aliphatic carbocycles. The van der Waals surface area contributed by atoms with E-state index in [4.69, 9.17) is 11.6 Å². The van der Waals surface area contributed by atoms with Gasteiger partial charge in [0.05, 0.1) is 0 Å². The fourth-order valence-corrected chi connectivity index (χ4v) is 0.571. The van der Waals surface area contributed by atoms with Crippen molar-refractivity contribution in [3.05, 3.63) is 35.4 Å². The van der Waals surface area contributed by atoms with Gasteiger partial charge < -0.3 is 0 Å². The lowest BCUT2D eigenvalue weighted by atomic mass is 10.2. The van der Waals surface area contributed by atoms with E-state index in [1.807, 2.05) is 19.9 Å². The van der Waals surface area contributed by atoms with Crippen molar-refractivity contribution in [3.63, 3.8) is 0 Å². The van der Waals surface area contributed by atoms with Crippen LogP contribution in [0.4, 0.5) is 0 Å². The lowest BCUT2D eigenvalue weighted by Gasteiger charge is -1.92. The molecule has 0 aliphatic rings. The second kappa shape index (κ2) is 4.39. The van der Waals surface area contributed by atoms with Gasteiger partial charge in [0.15, 0.2) is 0 Å². The van der Waals surface area contributed by atoms with Crippen molar-refractivity contribution >= 4 is 11.6 Å². The minimum Gasteiger partial charge on any atom is -0.0990 e. The number of hydrogen-bond acceptors (Lipinski definition) is 0. The molecule has 0 spiro atoms. The molecule has 1 heteroatoms. The summed E-state index contributed by atoms with van der Waals surface area (Å²) in [6.07, 6.45) is 5.41. The predicted molar refractivity (Wildman–Crippen MR) is 43.6 cm³/mol. The Morgan fingerprint density at radius 1 is 1.56 bits per heavy atom. The maximum atomic E-state index is 5.75. The normalized spacial score (nSPS) is 13.7. The average Bonchev–Trinajstić information content (AvgIpc) is 1.87. The fraction of sp³-hybridized carbons (Fsp3) is 0.250. The van der Waals surface area contributed by atoms with E-state index in [1.165, 1.54) is 0 Å². The lowest BCUT2D eigenvalue weighted by molar-refractivity contribution is 1.45. The van der Waals surface area contributed by atoms with E-state index in [2.05, 4.69) is 6.58 Å². The lowest BCUT2D eigenvalue weighted by Crippen LogP contribution is -1.71. The van der Waals surface area contributed by atoms with Crippen molar-refractivity contribution < 1.29 is 0 Å². The first-order valence-electron chi connectivity index (χ1n) is 2.84. The van der Waals surface area contributed by atoms with Crippen molar-refractivity contribution in [1.29, 1.82) is 0 Å². The molecule has 0 aromatic carbocycles. The third kappa shape index (κ3) is 3.15. The Labute approximate surface area is 61.5 Å². The minimum absolute atomic E-state index is 0.757. The first kappa shape index (κ1) is 8.51.